The molecule has 1 aromatic rings. The molecular formula is C7H13BN2O2. The van der Waals surface area contributed by atoms with Crippen LogP contribution in [0.25, 0.3) is 0 Å². The Morgan fingerprint density at radius 3 is 2.75 bits per heavy atom. The summed E-state index contributed by atoms with van der Waals surface area (Å²) in [6.45, 7) is 4.62. The number of aryl methyl sites for hydroxylation is 2. The van der Waals surface area contributed by atoms with Gasteiger partial charge in [-0.1, -0.05) is 0 Å². The van der Waals surface area contributed by atoms with Crippen molar-refractivity contribution in [1.29, 1.82) is 0 Å². The van der Waals surface area contributed by atoms with Crippen molar-refractivity contribution in [3.8, 4) is 0 Å². The van der Waals surface area contributed by atoms with E-state index in [-0.39, 0.29) is 6.32 Å². The third-order valence-electron chi connectivity index (χ3n) is 1.68. The van der Waals surface area contributed by atoms with Crippen molar-refractivity contribution in [2.75, 3.05) is 0 Å². The average molecular weight is 168 g/mol. The Morgan fingerprint density at radius 2 is 2.25 bits per heavy atom. The molecular weight excluding hydrogens is 155 g/mol. The van der Waals surface area contributed by atoms with Gasteiger partial charge in [0.05, 0.1) is 5.69 Å². The summed E-state index contributed by atoms with van der Waals surface area (Å²) in [5, 5.41) is 21.7. The van der Waals surface area contributed by atoms with Crippen LogP contribution in [0.15, 0.2) is 6.07 Å². The van der Waals surface area contributed by atoms with Crippen LogP contribution in [0.5, 0.6) is 0 Å². The maximum absolute atomic E-state index is 8.75. The first-order valence-electron chi connectivity index (χ1n) is 4.03. The Balaban J connectivity index is 2.81. The van der Waals surface area contributed by atoms with Crippen LogP contribution < -0.4 is 0 Å². The lowest BCUT2D eigenvalue weighted by molar-refractivity contribution is 0.402. The van der Waals surface area contributed by atoms with Gasteiger partial charge in [0.15, 0.2) is 0 Å². The van der Waals surface area contributed by atoms with Gasteiger partial charge >= 0.3 is 7.12 Å². The van der Waals surface area contributed by atoms with Gasteiger partial charge in [-0.3, -0.25) is 4.68 Å². The molecule has 1 rings (SSSR count). The van der Waals surface area contributed by atoms with Crippen LogP contribution in [0.3, 0.4) is 0 Å². The normalized spacial score (nSPS) is 10.3. The van der Waals surface area contributed by atoms with Crippen molar-refractivity contribution in [3.63, 3.8) is 0 Å². The third kappa shape index (κ3) is 2.09. The monoisotopic (exact) mass is 168 g/mol. The number of hydrogen-bond acceptors (Lipinski definition) is 3. The minimum atomic E-state index is -1.29. The second kappa shape index (κ2) is 3.73. The summed E-state index contributed by atoms with van der Waals surface area (Å²) in [6.07, 6.45) is 0.245. The predicted molar refractivity (Wildman–Crippen MR) is 46.5 cm³/mol. The van der Waals surface area contributed by atoms with Gasteiger partial charge in [-0.2, -0.15) is 5.10 Å². The highest BCUT2D eigenvalue weighted by Gasteiger charge is 2.12. The zero-order valence-electron chi connectivity index (χ0n) is 7.36. The molecule has 0 saturated heterocycles. The Morgan fingerprint density at radius 1 is 1.58 bits per heavy atom. The molecule has 0 spiro atoms. The fourth-order valence-electron chi connectivity index (χ4n) is 1.22. The van der Waals surface area contributed by atoms with E-state index in [4.69, 9.17) is 10.0 Å². The maximum Gasteiger partial charge on any atom is 0.457 e. The second-order valence-electron chi connectivity index (χ2n) is 2.78. The molecule has 0 radical (unpaired) electrons. The smallest absolute Gasteiger partial charge is 0.427 e. The van der Waals surface area contributed by atoms with Crippen molar-refractivity contribution in [2.45, 2.75) is 26.7 Å². The van der Waals surface area contributed by atoms with E-state index in [1.54, 1.807) is 4.68 Å². The van der Waals surface area contributed by atoms with E-state index >= 15 is 0 Å². The minimum absolute atomic E-state index is 0.245. The van der Waals surface area contributed by atoms with Gasteiger partial charge in [-0.25, -0.2) is 0 Å². The van der Waals surface area contributed by atoms with Gasteiger partial charge in [0.25, 0.3) is 0 Å². The third-order valence-corrected chi connectivity index (χ3v) is 1.68. The number of aromatic nitrogens is 2. The van der Waals surface area contributed by atoms with Gasteiger partial charge in [-0.15, -0.1) is 0 Å². The molecule has 2 N–H and O–H groups in total. The first-order chi connectivity index (χ1) is 5.63. The fraction of sp³-hybridized carbons (Fsp3) is 0.571. The van der Waals surface area contributed by atoms with Gasteiger partial charge in [0.1, 0.15) is 0 Å². The van der Waals surface area contributed by atoms with Gasteiger partial charge in [0, 0.05) is 18.6 Å². The molecule has 0 amide bonds. The van der Waals surface area contributed by atoms with Gasteiger partial charge < -0.3 is 10.0 Å². The largest absolute Gasteiger partial charge is 0.457 e. The SMILES string of the molecule is CCn1nc(C)cc1CB(O)O. The minimum Gasteiger partial charge on any atom is -0.427 e. The molecule has 4 nitrogen and oxygen atoms in total. The predicted octanol–water partition coefficient (Wildman–Crippen LogP) is -0.234. The number of nitrogens with zero attached hydrogens (tertiary/aromatic N) is 2. The van der Waals surface area contributed by atoms with Crippen LogP contribution in [0, 0.1) is 6.92 Å². The van der Waals surface area contributed by atoms with Crippen molar-refractivity contribution in [1.82, 2.24) is 9.78 Å². The molecule has 12 heavy (non-hydrogen) atoms. The molecule has 66 valence electrons. The Bertz CT molecular complexity index is 260. The maximum atomic E-state index is 8.75. The highest BCUT2D eigenvalue weighted by molar-refractivity contribution is 6.40. The van der Waals surface area contributed by atoms with E-state index < -0.39 is 7.12 Å². The van der Waals surface area contributed by atoms with Crippen LogP contribution >= 0.6 is 0 Å². The van der Waals surface area contributed by atoms with Crippen LogP contribution in [0.1, 0.15) is 18.3 Å². The molecule has 0 atom stereocenters. The van der Waals surface area contributed by atoms with E-state index in [1.807, 2.05) is 19.9 Å². The first kappa shape index (κ1) is 9.28. The van der Waals surface area contributed by atoms with E-state index in [2.05, 4.69) is 5.10 Å². The highest BCUT2D eigenvalue weighted by Crippen LogP contribution is 2.04. The molecule has 0 aliphatic carbocycles. The van der Waals surface area contributed by atoms with E-state index in [1.165, 1.54) is 0 Å². The van der Waals surface area contributed by atoms with Crippen molar-refractivity contribution in [3.05, 3.63) is 17.5 Å². The average Bonchev–Trinajstić information content (AvgIpc) is 2.29. The summed E-state index contributed by atoms with van der Waals surface area (Å²) >= 11 is 0. The van der Waals surface area contributed by atoms with E-state index in [0.717, 1.165) is 17.9 Å². The van der Waals surface area contributed by atoms with Crippen LogP contribution in [0.2, 0.25) is 0 Å². The van der Waals surface area contributed by atoms with E-state index in [0.29, 0.717) is 0 Å². The van der Waals surface area contributed by atoms with Crippen molar-refractivity contribution >= 4 is 7.12 Å². The lowest BCUT2D eigenvalue weighted by atomic mass is 9.84. The lowest BCUT2D eigenvalue weighted by Gasteiger charge is -2.02. The molecule has 1 heterocycles. The summed E-state index contributed by atoms with van der Waals surface area (Å²) < 4.78 is 1.77. The molecule has 0 aliphatic rings. The summed E-state index contributed by atoms with van der Waals surface area (Å²) in [5.74, 6) is 0. The zero-order chi connectivity index (χ0) is 9.14. The van der Waals surface area contributed by atoms with Crippen molar-refractivity contribution < 1.29 is 10.0 Å². The van der Waals surface area contributed by atoms with Crippen LogP contribution in [-0.4, -0.2) is 26.9 Å². The van der Waals surface area contributed by atoms with Gasteiger partial charge in [-0.05, 0) is 19.9 Å². The van der Waals surface area contributed by atoms with Crippen molar-refractivity contribution in [2.24, 2.45) is 0 Å². The number of rotatable bonds is 3. The Hall–Kier alpha value is -0.805. The van der Waals surface area contributed by atoms with Crippen LogP contribution in [-0.2, 0) is 12.9 Å². The van der Waals surface area contributed by atoms with E-state index in [9.17, 15) is 0 Å². The van der Waals surface area contributed by atoms with Gasteiger partial charge in [0.2, 0.25) is 0 Å². The van der Waals surface area contributed by atoms with Crippen LogP contribution in [0.4, 0.5) is 0 Å². The molecule has 1 aromatic heterocycles. The Labute approximate surface area is 72.0 Å². The fourth-order valence-corrected chi connectivity index (χ4v) is 1.22. The summed E-state index contributed by atoms with van der Waals surface area (Å²) in [4.78, 5) is 0. The quantitative estimate of drug-likeness (QED) is 0.612. The molecule has 0 saturated carbocycles. The standard InChI is InChI=1S/C7H13BN2O2/c1-3-10-7(5-8(11)12)4-6(2)9-10/h4,11-12H,3,5H2,1-2H3. The Kier molecular flexibility index (Phi) is 2.89. The first-order valence-corrected chi connectivity index (χ1v) is 4.03. The molecule has 0 aliphatic heterocycles. The zero-order valence-corrected chi connectivity index (χ0v) is 7.36. The second-order valence-corrected chi connectivity index (χ2v) is 2.78. The summed E-state index contributed by atoms with van der Waals surface area (Å²) in [5.41, 5.74) is 1.78. The topological polar surface area (TPSA) is 58.3 Å². The summed E-state index contributed by atoms with van der Waals surface area (Å²) in [6, 6.07) is 1.86. The molecule has 0 fully saturated rings. The lowest BCUT2D eigenvalue weighted by Crippen LogP contribution is -2.18. The number of hydrogen-bond donors (Lipinski definition) is 2. The molecule has 0 aromatic carbocycles. The highest BCUT2D eigenvalue weighted by atomic mass is 16.4. The molecule has 0 unspecified atom stereocenters. The molecule has 5 heteroatoms. The molecule has 0 bridgehead atoms. The summed E-state index contributed by atoms with van der Waals surface area (Å²) in [7, 11) is -1.29.